The molecule has 1 aliphatic rings. The minimum atomic E-state index is -4.34. The monoisotopic (exact) mass is 300 g/mol. The molecule has 0 spiro atoms. The average molecular weight is 300 g/mol. The second kappa shape index (κ2) is 5.52. The zero-order chi connectivity index (χ0) is 15.8. The number of nitrogens with two attached hydrogens (primary N) is 1. The minimum absolute atomic E-state index is 0.156. The summed E-state index contributed by atoms with van der Waals surface area (Å²) in [6.45, 7) is 7.59. The van der Waals surface area contributed by atoms with E-state index in [2.05, 4.69) is 13.8 Å². The van der Waals surface area contributed by atoms with Crippen molar-refractivity contribution in [3.8, 4) is 0 Å². The van der Waals surface area contributed by atoms with Crippen molar-refractivity contribution in [3.63, 3.8) is 0 Å². The largest absolute Gasteiger partial charge is 0.416 e. The van der Waals surface area contributed by atoms with Crippen LogP contribution in [-0.2, 0) is 12.6 Å². The Balaban J connectivity index is 2.34. The lowest BCUT2D eigenvalue weighted by Gasteiger charge is -2.24. The third-order valence-electron chi connectivity index (χ3n) is 3.98. The van der Waals surface area contributed by atoms with Crippen molar-refractivity contribution in [3.05, 3.63) is 29.3 Å². The summed E-state index contributed by atoms with van der Waals surface area (Å²) in [5, 5.41) is 0. The van der Waals surface area contributed by atoms with Crippen LogP contribution in [0.5, 0.6) is 0 Å². The third kappa shape index (κ3) is 3.90. The molecule has 0 saturated carbocycles. The first-order valence-corrected chi connectivity index (χ1v) is 7.29. The molecule has 21 heavy (non-hydrogen) atoms. The maximum Gasteiger partial charge on any atom is 0.416 e. The Morgan fingerprint density at radius 3 is 2.48 bits per heavy atom. The molecule has 1 fully saturated rings. The van der Waals surface area contributed by atoms with Crippen molar-refractivity contribution in [1.29, 1.82) is 0 Å². The highest BCUT2D eigenvalue weighted by atomic mass is 19.4. The highest BCUT2D eigenvalue weighted by Crippen LogP contribution is 2.38. The lowest BCUT2D eigenvalue weighted by molar-refractivity contribution is -0.138. The van der Waals surface area contributed by atoms with Crippen molar-refractivity contribution in [1.82, 2.24) is 0 Å². The number of hydrogen-bond acceptors (Lipinski definition) is 2. The Labute approximate surface area is 124 Å². The van der Waals surface area contributed by atoms with Gasteiger partial charge in [-0.15, -0.1) is 0 Å². The smallest absolute Gasteiger partial charge is 0.371 e. The van der Waals surface area contributed by atoms with E-state index in [1.807, 2.05) is 4.90 Å². The van der Waals surface area contributed by atoms with Gasteiger partial charge in [-0.1, -0.05) is 19.9 Å². The number of benzene rings is 1. The normalized spacial score (nSPS) is 19.9. The van der Waals surface area contributed by atoms with Crippen molar-refractivity contribution >= 4 is 5.69 Å². The van der Waals surface area contributed by atoms with Gasteiger partial charge in [-0.25, -0.2) is 0 Å². The molecule has 5 heteroatoms. The van der Waals surface area contributed by atoms with E-state index in [1.54, 1.807) is 19.1 Å². The molecular weight excluding hydrogens is 277 g/mol. The maximum atomic E-state index is 13.3. The molecule has 1 saturated heterocycles. The van der Waals surface area contributed by atoms with Crippen molar-refractivity contribution in [2.24, 2.45) is 11.1 Å². The van der Waals surface area contributed by atoms with Gasteiger partial charge < -0.3 is 10.6 Å². The van der Waals surface area contributed by atoms with Crippen molar-refractivity contribution in [2.75, 3.05) is 18.0 Å². The van der Waals surface area contributed by atoms with E-state index in [0.717, 1.165) is 19.5 Å². The molecule has 0 radical (unpaired) electrons. The standard InChI is InChI=1S/C16H23F3N2/c1-11(20)8-12-4-5-13(9-14(12)16(17,18)19)21-7-6-15(2,3)10-21/h4-5,9,11H,6-8,10,20H2,1-3H3. The SMILES string of the molecule is CC(N)Cc1ccc(N2CCC(C)(C)C2)cc1C(F)(F)F. The fourth-order valence-corrected chi connectivity index (χ4v) is 2.88. The number of alkyl halides is 3. The molecule has 2 N–H and O–H groups in total. The van der Waals surface area contributed by atoms with Gasteiger partial charge >= 0.3 is 6.18 Å². The molecule has 1 aromatic carbocycles. The lowest BCUT2D eigenvalue weighted by atomic mass is 9.93. The van der Waals surface area contributed by atoms with Gasteiger partial charge in [-0.3, -0.25) is 0 Å². The van der Waals surface area contributed by atoms with E-state index < -0.39 is 11.7 Å². The van der Waals surface area contributed by atoms with E-state index in [-0.39, 0.29) is 23.4 Å². The van der Waals surface area contributed by atoms with Crippen LogP contribution in [0.2, 0.25) is 0 Å². The van der Waals surface area contributed by atoms with Crippen LogP contribution in [-0.4, -0.2) is 19.1 Å². The molecule has 2 nitrogen and oxygen atoms in total. The molecule has 1 atom stereocenters. The van der Waals surface area contributed by atoms with Gasteiger partial charge in [-0.2, -0.15) is 13.2 Å². The molecule has 2 rings (SSSR count). The Kier molecular flexibility index (Phi) is 4.24. The molecular formula is C16H23F3N2. The van der Waals surface area contributed by atoms with Crippen LogP contribution in [0, 0.1) is 5.41 Å². The summed E-state index contributed by atoms with van der Waals surface area (Å²) in [6.07, 6.45) is -3.11. The lowest BCUT2D eigenvalue weighted by Crippen LogP contribution is -2.24. The van der Waals surface area contributed by atoms with Crippen LogP contribution in [0.25, 0.3) is 0 Å². The number of anilines is 1. The van der Waals surface area contributed by atoms with Gasteiger partial charge in [0.15, 0.2) is 0 Å². The van der Waals surface area contributed by atoms with Crippen LogP contribution >= 0.6 is 0 Å². The Hall–Kier alpha value is -1.23. The Morgan fingerprint density at radius 1 is 1.33 bits per heavy atom. The number of nitrogens with zero attached hydrogens (tertiary/aromatic N) is 1. The highest BCUT2D eigenvalue weighted by Gasteiger charge is 2.35. The molecule has 0 aliphatic carbocycles. The molecule has 1 heterocycles. The Morgan fingerprint density at radius 2 is 2.00 bits per heavy atom. The average Bonchev–Trinajstić information content (AvgIpc) is 2.68. The van der Waals surface area contributed by atoms with Gasteiger partial charge in [0, 0.05) is 24.8 Å². The summed E-state index contributed by atoms with van der Waals surface area (Å²) >= 11 is 0. The molecule has 1 aliphatic heterocycles. The van der Waals surface area contributed by atoms with Gasteiger partial charge in [0.25, 0.3) is 0 Å². The van der Waals surface area contributed by atoms with E-state index in [4.69, 9.17) is 5.73 Å². The van der Waals surface area contributed by atoms with Crippen molar-refractivity contribution < 1.29 is 13.2 Å². The summed E-state index contributed by atoms with van der Waals surface area (Å²) < 4.78 is 39.8. The van der Waals surface area contributed by atoms with Gasteiger partial charge in [0.1, 0.15) is 0 Å². The van der Waals surface area contributed by atoms with E-state index >= 15 is 0 Å². The summed E-state index contributed by atoms with van der Waals surface area (Å²) in [7, 11) is 0. The van der Waals surface area contributed by atoms with Gasteiger partial charge in [-0.05, 0) is 42.9 Å². The Bertz CT molecular complexity index is 507. The summed E-state index contributed by atoms with van der Waals surface area (Å²) in [6, 6.07) is 4.35. The molecule has 1 aromatic rings. The van der Waals surface area contributed by atoms with E-state index in [1.165, 1.54) is 6.07 Å². The summed E-state index contributed by atoms with van der Waals surface area (Å²) in [4.78, 5) is 2.03. The first kappa shape index (κ1) is 16.1. The highest BCUT2D eigenvalue weighted by molar-refractivity contribution is 5.53. The summed E-state index contributed by atoms with van der Waals surface area (Å²) in [5.74, 6) is 0. The van der Waals surface area contributed by atoms with Crippen LogP contribution in [0.15, 0.2) is 18.2 Å². The minimum Gasteiger partial charge on any atom is -0.371 e. The number of hydrogen-bond donors (Lipinski definition) is 1. The first-order valence-electron chi connectivity index (χ1n) is 7.29. The fourth-order valence-electron chi connectivity index (χ4n) is 2.88. The molecule has 0 amide bonds. The predicted molar refractivity (Wildman–Crippen MR) is 79.4 cm³/mol. The number of rotatable bonds is 3. The first-order chi connectivity index (χ1) is 9.58. The van der Waals surface area contributed by atoms with Crippen LogP contribution < -0.4 is 10.6 Å². The predicted octanol–water partition coefficient (Wildman–Crippen LogP) is 3.83. The topological polar surface area (TPSA) is 29.3 Å². The molecule has 0 bridgehead atoms. The van der Waals surface area contributed by atoms with Crippen LogP contribution in [0.3, 0.4) is 0 Å². The third-order valence-corrected chi connectivity index (χ3v) is 3.98. The quantitative estimate of drug-likeness (QED) is 0.919. The van der Waals surface area contributed by atoms with E-state index in [0.29, 0.717) is 5.69 Å². The molecule has 118 valence electrons. The molecule has 1 unspecified atom stereocenters. The van der Waals surface area contributed by atoms with E-state index in [9.17, 15) is 13.2 Å². The number of halogens is 3. The molecule has 0 aromatic heterocycles. The van der Waals surface area contributed by atoms with Crippen LogP contribution in [0.1, 0.15) is 38.3 Å². The van der Waals surface area contributed by atoms with Gasteiger partial charge in [0.05, 0.1) is 5.56 Å². The zero-order valence-electron chi connectivity index (χ0n) is 12.8. The maximum absolute atomic E-state index is 13.3. The van der Waals surface area contributed by atoms with Gasteiger partial charge in [0.2, 0.25) is 0 Å². The second-order valence-corrected chi connectivity index (χ2v) is 6.86. The summed E-state index contributed by atoms with van der Waals surface area (Å²) in [5.41, 5.74) is 6.19. The fraction of sp³-hybridized carbons (Fsp3) is 0.625. The van der Waals surface area contributed by atoms with Crippen LogP contribution in [0.4, 0.5) is 18.9 Å². The van der Waals surface area contributed by atoms with Crippen molar-refractivity contribution in [2.45, 2.75) is 45.8 Å². The zero-order valence-corrected chi connectivity index (χ0v) is 12.8. The second-order valence-electron chi connectivity index (χ2n) is 6.86.